The van der Waals surface area contributed by atoms with Gasteiger partial charge in [0.1, 0.15) is 0 Å². The van der Waals surface area contributed by atoms with Crippen molar-refractivity contribution in [1.82, 2.24) is 9.88 Å². The Morgan fingerprint density at radius 1 is 1.35 bits per heavy atom. The number of nitrogens with zero attached hydrogens (tertiary/aromatic N) is 2. The van der Waals surface area contributed by atoms with E-state index in [2.05, 4.69) is 20.9 Å². The van der Waals surface area contributed by atoms with Gasteiger partial charge in [0.25, 0.3) is 5.91 Å². The molecule has 2 aromatic rings. The number of carbonyl (C=O) groups is 1. The molecule has 1 aromatic carbocycles. The van der Waals surface area contributed by atoms with Crippen LogP contribution in [-0.2, 0) is 6.54 Å². The zero-order chi connectivity index (χ0) is 14.7. The number of carbonyl (C=O) groups excluding carboxylic acids is 1. The van der Waals surface area contributed by atoms with Gasteiger partial charge >= 0.3 is 0 Å². The van der Waals surface area contributed by atoms with Crippen LogP contribution < -0.4 is 0 Å². The van der Waals surface area contributed by atoms with Crippen molar-refractivity contribution in [1.29, 1.82) is 0 Å². The molecule has 0 N–H and O–H groups in total. The van der Waals surface area contributed by atoms with Crippen LogP contribution in [0, 0.1) is 6.92 Å². The van der Waals surface area contributed by atoms with Crippen LogP contribution in [0.4, 0.5) is 0 Å². The van der Waals surface area contributed by atoms with Crippen molar-refractivity contribution in [3.63, 3.8) is 0 Å². The second kappa shape index (κ2) is 6.37. The van der Waals surface area contributed by atoms with Crippen LogP contribution in [-0.4, -0.2) is 22.8 Å². The summed E-state index contributed by atoms with van der Waals surface area (Å²) in [6, 6.07) is 9.55. The second-order valence-corrected chi connectivity index (χ2v) is 5.92. The molecule has 1 amide bonds. The van der Waals surface area contributed by atoms with E-state index in [0.717, 1.165) is 15.7 Å². The summed E-state index contributed by atoms with van der Waals surface area (Å²) in [4.78, 5) is 18.1. The summed E-state index contributed by atoms with van der Waals surface area (Å²) in [5.74, 6) is -0.134. The SMILES string of the molecule is Cc1cc(Cl)c(C(=O)N(C)Cc2ccc(Br)cc2)cn1. The average molecular weight is 354 g/mol. The van der Waals surface area contributed by atoms with Crippen molar-refractivity contribution in [3.05, 3.63) is 62.8 Å². The Hall–Kier alpha value is -1.39. The standard InChI is InChI=1S/C15H14BrClN2O/c1-10-7-14(17)13(8-18-10)15(20)19(2)9-11-3-5-12(16)6-4-11/h3-8H,9H2,1-2H3. The highest BCUT2D eigenvalue weighted by Crippen LogP contribution is 2.18. The van der Waals surface area contributed by atoms with Gasteiger partial charge in [-0.25, -0.2) is 0 Å². The lowest BCUT2D eigenvalue weighted by Gasteiger charge is -2.18. The van der Waals surface area contributed by atoms with E-state index in [1.807, 2.05) is 31.2 Å². The van der Waals surface area contributed by atoms with Gasteiger partial charge in [0.05, 0.1) is 10.6 Å². The number of aromatic nitrogens is 1. The highest BCUT2D eigenvalue weighted by atomic mass is 79.9. The first-order valence-electron chi connectivity index (χ1n) is 6.09. The summed E-state index contributed by atoms with van der Waals surface area (Å²) in [5.41, 5.74) is 2.28. The average Bonchev–Trinajstić information content (AvgIpc) is 2.40. The van der Waals surface area contributed by atoms with Gasteiger partial charge in [-0.2, -0.15) is 0 Å². The minimum Gasteiger partial charge on any atom is -0.337 e. The monoisotopic (exact) mass is 352 g/mol. The van der Waals surface area contributed by atoms with E-state index < -0.39 is 0 Å². The third kappa shape index (κ3) is 3.58. The number of aryl methyl sites for hydroxylation is 1. The van der Waals surface area contributed by atoms with E-state index >= 15 is 0 Å². The molecule has 0 fully saturated rings. The molecule has 0 radical (unpaired) electrons. The number of rotatable bonds is 3. The van der Waals surface area contributed by atoms with Crippen LogP contribution in [0.15, 0.2) is 41.0 Å². The summed E-state index contributed by atoms with van der Waals surface area (Å²) < 4.78 is 1.01. The van der Waals surface area contributed by atoms with Crippen molar-refractivity contribution >= 4 is 33.4 Å². The van der Waals surface area contributed by atoms with E-state index in [9.17, 15) is 4.79 Å². The van der Waals surface area contributed by atoms with Crippen molar-refractivity contribution in [2.75, 3.05) is 7.05 Å². The fraction of sp³-hybridized carbons (Fsp3) is 0.200. The molecule has 1 aromatic heterocycles. The smallest absolute Gasteiger partial charge is 0.256 e. The number of hydrogen-bond acceptors (Lipinski definition) is 2. The second-order valence-electron chi connectivity index (χ2n) is 4.59. The number of benzene rings is 1. The Balaban J connectivity index is 2.14. The Morgan fingerprint density at radius 2 is 2.00 bits per heavy atom. The van der Waals surface area contributed by atoms with Gasteiger partial charge in [0, 0.05) is 30.0 Å². The Morgan fingerprint density at radius 3 is 2.60 bits per heavy atom. The van der Waals surface area contributed by atoms with Crippen LogP contribution in [0.5, 0.6) is 0 Å². The lowest BCUT2D eigenvalue weighted by atomic mass is 10.2. The van der Waals surface area contributed by atoms with Crippen molar-refractivity contribution in [3.8, 4) is 0 Å². The van der Waals surface area contributed by atoms with E-state index in [1.54, 1.807) is 18.0 Å². The molecule has 5 heteroatoms. The maximum Gasteiger partial charge on any atom is 0.256 e. The van der Waals surface area contributed by atoms with Gasteiger partial charge in [-0.15, -0.1) is 0 Å². The van der Waals surface area contributed by atoms with E-state index in [0.29, 0.717) is 17.1 Å². The molecule has 0 aliphatic heterocycles. The molecule has 1 heterocycles. The molecule has 0 atom stereocenters. The van der Waals surface area contributed by atoms with Crippen LogP contribution in [0.25, 0.3) is 0 Å². The van der Waals surface area contributed by atoms with Crippen molar-refractivity contribution in [2.45, 2.75) is 13.5 Å². The maximum absolute atomic E-state index is 12.3. The summed E-state index contributed by atoms with van der Waals surface area (Å²) in [6.07, 6.45) is 1.53. The predicted octanol–water partition coefficient (Wildman–Crippen LogP) is 4.08. The first-order chi connectivity index (χ1) is 9.47. The quantitative estimate of drug-likeness (QED) is 0.833. The van der Waals surface area contributed by atoms with Gasteiger partial charge in [0.15, 0.2) is 0 Å². The van der Waals surface area contributed by atoms with Crippen LogP contribution in [0.1, 0.15) is 21.6 Å². The molecule has 20 heavy (non-hydrogen) atoms. The van der Waals surface area contributed by atoms with Crippen LogP contribution in [0.2, 0.25) is 5.02 Å². The molecule has 0 spiro atoms. The third-order valence-electron chi connectivity index (χ3n) is 2.90. The fourth-order valence-corrected chi connectivity index (χ4v) is 2.38. The number of halogens is 2. The maximum atomic E-state index is 12.3. The molecular formula is C15H14BrClN2O. The van der Waals surface area contributed by atoms with Crippen LogP contribution >= 0.6 is 27.5 Å². The first kappa shape index (κ1) is 15.0. The Bertz CT molecular complexity index is 628. The van der Waals surface area contributed by atoms with Gasteiger partial charge in [-0.3, -0.25) is 9.78 Å². The van der Waals surface area contributed by atoms with Gasteiger partial charge in [-0.05, 0) is 30.7 Å². The lowest BCUT2D eigenvalue weighted by Crippen LogP contribution is -2.26. The molecule has 0 saturated heterocycles. The van der Waals surface area contributed by atoms with E-state index in [-0.39, 0.29) is 5.91 Å². The van der Waals surface area contributed by atoms with Gasteiger partial charge < -0.3 is 4.90 Å². The highest BCUT2D eigenvalue weighted by Gasteiger charge is 2.16. The summed E-state index contributed by atoms with van der Waals surface area (Å²) >= 11 is 9.49. The Kier molecular flexibility index (Phi) is 4.78. The predicted molar refractivity (Wildman–Crippen MR) is 83.9 cm³/mol. The highest BCUT2D eigenvalue weighted by molar-refractivity contribution is 9.10. The number of pyridine rings is 1. The van der Waals surface area contributed by atoms with Crippen molar-refractivity contribution < 1.29 is 4.79 Å². The van der Waals surface area contributed by atoms with Crippen molar-refractivity contribution in [2.24, 2.45) is 0 Å². The molecule has 0 unspecified atom stereocenters. The zero-order valence-corrected chi connectivity index (χ0v) is 13.6. The molecule has 0 aliphatic carbocycles. The third-order valence-corrected chi connectivity index (χ3v) is 3.74. The lowest BCUT2D eigenvalue weighted by molar-refractivity contribution is 0.0785. The normalized spacial score (nSPS) is 10.4. The zero-order valence-electron chi connectivity index (χ0n) is 11.2. The molecule has 0 saturated carbocycles. The van der Waals surface area contributed by atoms with E-state index in [4.69, 9.17) is 11.6 Å². The minimum absolute atomic E-state index is 0.134. The fourth-order valence-electron chi connectivity index (χ4n) is 1.82. The first-order valence-corrected chi connectivity index (χ1v) is 7.26. The molecule has 2 rings (SSSR count). The summed E-state index contributed by atoms with van der Waals surface area (Å²) in [6.45, 7) is 2.36. The molecule has 3 nitrogen and oxygen atoms in total. The minimum atomic E-state index is -0.134. The van der Waals surface area contributed by atoms with Crippen LogP contribution in [0.3, 0.4) is 0 Å². The van der Waals surface area contributed by atoms with E-state index in [1.165, 1.54) is 6.20 Å². The molecular weight excluding hydrogens is 340 g/mol. The van der Waals surface area contributed by atoms with Gasteiger partial charge in [-0.1, -0.05) is 39.7 Å². The number of amides is 1. The summed E-state index contributed by atoms with van der Waals surface area (Å²) in [5, 5.41) is 0.435. The Labute approximate surface area is 131 Å². The molecule has 104 valence electrons. The largest absolute Gasteiger partial charge is 0.337 e. The molecule has 0 bridgehead atoms. The summed E-state index contributed by atoms with van der Waals surface area (Å²) in [7, 11) is 1.75. The topological polar surface area (TPSA) is 33.2 Å². The molecule has 0 aliphatic rings. The van der Waals surface area contributed by atoms with Gasteiger partial charge in [0.2, 0.25) is 0 Å². The number of hydrogen-bond donors (Lipinski definition) is 0.